The fourth-order valence-corrected chi connectivity index (χ4v) is 1.81. The van der Waals surface area contributed by atoms with E-state index < -0.39 is 12.1 Å². The molecule has 0 saturated carbocycles. The smallest absolute Gasteiger partial charge is 0.338 e. The lowest BCUT2D eigenvalue weighted by atomic mass is 10.2. The van der Waals surface area contributed by atoms with Gasteiger partial charge < -0.3 is 24.6 Å². The van der Waals surface area contributed by atoms with Crippen molar-refractivity contribution >= 4 is 5.97 Å². The molecule has 6 nitrogen and oxygen atoms in total. The minimum Gasteiger partial charge on any atom is -0.491 e. The van der Waals surface area contributed by atoms with E-state index in [4.69, 9.17) is 14.2 Å². The van der Waals surface area contributed by atoms with Crippen LogP contribution in [0.2, 0.25) is 0 Å². The van der Waals surface area contributed by atoms with Crippen LogP contribution in [0.5, 0.6) is 5.75 Å². The summed E-state index contributed by atoms with van der Waals surface area (Å²) < 4.78 is 15.9. The number of hydrogen-bond acceptors (Lipinski definition) is 6. The predicted molar refractivity (Wildman–Crippen MR) is 92.5 cm³/mol. The molecule has 0 aliphatic rings. The fraction of sp³-hybridized carbons (Fsp3) is 0.611. The Hall–Kier alpha value is -1.63. The molecule has 0 fully saturated rings. The predicted octanol–water partition coefficient (Wildman–Crippen LogP) is 2.01. The van der Waals surface area contributed by atoms with E-state index in [1.165, 1.54) is 0 Å². The first-order valence-electron chi connectivity index (χ1n) is 8.31. The third-order valence-electron chi connectivity index (χ3n) is 3.06. The number of esters is 1. The van der Waals surface area contributed by atoms with Crippen molar-refractivity contribution in [3.05, 3.63) is 29.8 Å². The van der Waals surface area contributed by atoms with Crippen LogP contribution in [0.25, 0.3) is 0 Å². The lowest BCUT2D eigenvalue weighted by Crippen LogP contribution is -2.35. The van der Waals surface area contributed by atoms with Gasteiger partial charge in [-0.25, -0.2) is 4.79 Å². The molecule has 0 bridgehead atoms. The van der Waals surface area contributed by atoms with Gasteiger partial charge in [-0.3, -0.25) is 0 Å². The van der Waals surface area contributed by atoms with Crippen molar-refractivity contribution in [1.29, 1.82) is 0 Å². The zero-order chi connectivity index (χ0) is 17.9. The van der Waals surface area contributed by atoms with Gasteiger partial charge in [0.1, 0.15) is 25.1 Å². The molecule has 0 heterocycles. The van der Waals surface area contributed by atoms with Gasteiger partial charge in [0.15, 0.2) is 0 Å². The molecule has 6 heteroatoms. The van der Waals surface area contributed by atoms with Crippen LogP contribution in [-0.2, 0) is 9.47 Å². The Balaban J connectivity index is 2.33. The second-order valence-electron chi connectivity index (χ2n) is 6.11. The third kappa shape index (κ3) is 8.86. The standard InChI is InChI=1S/C18H29NO5/c1-13(2)19-11-16(20)12-24-17-7-5-15(6-8-17)18(21)23-10-9-22-14(3)4/h5-8,13-14,16,19-20H,9-12H2,1-4H3/t16-/m0/s1. The number of rotatable bonds is 11. The first-order valence-corrected chi connectivity index (χ1v) is 8.31. The zero-order valence-corrected chi connectivity index (χ0v) is 15.0. The highest BCUT2D eigenvalue weighted by molar-refractivity contribution is 5.89. The maximum Gasteiger partial charge on any atom is 0.338 e. The van der Waals surface area contributed by atoms with Crippen molar-refractivity contribution in [2.75, 3.05) is 26.4 Å². The molecule has 0 amide bonds. The largest absolute Gasteiger partial charge is 0.491 e. The average Bonchev–Trinajstić information content (AvgIpc) is 2.55. The molecular weight excluding hydrogens is 310 g/mol. The Morgan fingerprint density at radius 3 is 2.38 bits per heavy atom. The Morgan fingerprint density at radius 1 is 1.12 bits per heavy atom. The molecule has 0 saturated heterocycles. The van der Waals surface area contributed by atoms with Crippen molar-refractivity contribution in [1.82, 2.24) is 5.32 Å². The monoisotopic (exact) mass is 339 g/mol. The molecule has 136 valence electrons. The quantitative estimate of drug-likeness (QED) is 0.474. The Kier molecular flexibility index (Phi) is 9.37. The van der Waals surface area contributed by atoms with Gasteiger partial charge in [0.25, 0.3) is 0 Å². The van der Waals surface area contributed by atoms with Crippen LogP contribution in [-0.4, -0.2) is 55.7 Å². The van der Waals surface area contributed by atoms with Gasteiger partial charge in [0, 0.05) is 12.6 Å². The summed E-state index contributed by atoms with van der Waals surface area (Å²) in [6.45, 7) is 9.15. The zero-order valence-electron chi connectivity index (χ0n) is 15.0. The van der Waals surface area contributed by atoms with Gasteiger partial charge in [-0.05, 0) is 38.1 Å². The van der Waals surface area contributed by atoms with Gasteiger partial charge in [-0.1, -0.05) is 13.8 Å². The SMILES string of the molecule is CC(C)NC[C@H](O)COc1ccc(C(=O)OCCOC(C)C)cc1. The van der Waals surface area contributed by atoms with Crippen molar-refractivity contribution < 1.29 is 24.1 Å². The van der Waals surface area contributed by atoms with Crippen LogP contribution >= 0.6 is 0 Å². The third-order valence-corrected chi connectivity index (χ3v) is 3.06. The summed E-state index contributed by atoms with van der Waals surface area (Å²) in [4.78, 5) is 11.8. The molecule has 1 rings (SSSR count). The number of carbonyl (C=O) groups excluding carboxylic acids is 1. The number of ether oxygens (including phenoxy) is 3. The van der Waals surface area contributed by atoms with Gasteiger partial charge in [0.05, 0.1) is 18.3 Å². The van der Waals surface area contributed by atoms with Gasteiger partial charge in [-0.15, -0.1) is 0 Å². The topological polar surface area (TPSA) is 77.0 Å². The first-order chi connectivity index (χ1) is 11.4. The molecule has 1 aromatic rings. The Morgan fingerprint density at radius 2 is 1.79 bits per heavy atom. The molecule has 0 aliphatic heterocycles. The lowest BCUT2D eigenvalue weighted by molar-refractivity contribution is 0.0177. The molecule has 0 spiro atoms. The number of hydrogen-bond donors (Lipinski definition) is 2. The van der Waals surface area contributed by atoms with Crippen LogP contribution in [0, 0.1) is 0 Å². The number of carbonyl (C=O) groups is 1. The number of benzene rings is 1. The summed E-state index contributed by atoms with van der Waals surface area (Å²) in [5.74, 6) is 0.202. The summed E-state index contributed by atoms with van der Waals surface area (Å²) in [7, 11) is 0. The van der Waals surface area contributed by atoms with Crippen molar-refractivity contribution in [3.63, 3.8) is 0 Å². The van der Waals surface area contributed by atoms with Crippen molar-refractivity contribution in [2.24, 2.45) is 0 Å². The highest BCUT2D eigenvalue weighted by atomic mass is 16.6. The minimum absolute atomic E-state index is 0.117. The van der Waals surface area contributed by atoms with Crippen LogP contribution in [0.15, 0.2) is 24.3 Å². The second-order valence-corrected chi connectivity index (χ2v) is 6.11. The van der Waals surface area contributed by atoms with Gasteiger partial charge >= 0.3 is 5.97 Å². The molecule has 2 N–H and O–H groups in total. The second kappa shape index (κ2) is 11.0. The van der Waals surface area contributed by atoms with Crippen molar-refractivity contribution in [3.8, 4) is 5.75 Å². The van der Waals surface area contributed by atoms with Crippen LogP contribution in [0.4, 0.5) is 0 Å². The van der Waals surface area contributed by atoms with Gasteiger partial charge in [0.2, 0.25) is 0 Å². The summed E-state index contributed by atoms with van der Waals surface area (Å²) >= 11 is 0. The summed E-state index contributed by atoms with van der Waals surface area (Å²) in [5, 5.41) is 12.9. The number of nitrogens with one attached hydrogen (secondary N) is 1. The maximum atomic E-state index is 11.8. The Bertz CT molecular complexity index is 473. The van der Waals surface area contributed by atoms with Gasteiger partial charge in [-0.2, -0.15) is 0 Å². The van der Waals surface area contributed by atoms with Crippen LogP contribution in [0.1, 0.15) is 38.1 Å². The van der Waals surface area contributed by atoms with E-state index in [9.17, 15) is 9.90 Å². The normalized spacial score (nSPS) is 12.5. The minimum atomic E-state index is -0.585. The summed E-state index contributed by atoms with van der Waals surface area (Å²) in [6, 6.07) is 6.96. The number of aliphatic hydroxyl groups is 1. The highest BCUT2D eigenvalue weighted by Crippen LogP contribution is 2.13. The molecule has 0 aliphatic carbocycles. The Labute approximate surface area is 144 Å². The molecule has 0 radical (unpaired) electrons. The fourth-order valence-electron chi connectivity index (χ4n) is 1.81. The lowest BCUT2D eigenvalue weighted by Gasteiger charge is -2.15. The van der Waals surface area contributed by atoms with Crippen LogP contribution in [0.3, 0.4) is 0 Å². The van der Waals surface area contributed by atoms with Crippen molar-refractivity contribution in [2.45, 2.75) is 45.9 Å². The average molecular weight is 339 g/mol. The summed E-state index contributed by atoms with van der Waals surface area (Å²) in [5.41, 5.74) is 0.453. The molecule has 24 heavy (non-hydrogen) atoms. The first kappa shape index (κ1) is 20.4. The van der Waals surface area contributed by atoms with E-state index in [0.29, 0.717) is 30.5 Å². The van der Waals surface area contributed by atoms with E-state index in [2.05, 4.69) is 5.32 Å². The summed E-state index contributed by atoms with van der Waals surface area (Å²) in [6.07, 6.45) is -0.468. The van der Waals surface area contributed by atoms with E-state index in [0.717, 1.165) is 0 Å². The molecular formula is C18H29NO5. The van der Waals surface area contributed by atoms with E-state index in [1.54, 1.807) is 24.3 Å². The molecule has 1 aromatic carbocycles. The highest BCUT2D eigenvalue weighted by Gasteiger charge is 2.09. The maximum absolute atomic E-state index is 11.8. The molecule has 1 atom stereocenters. The molecule has 0 aromatic heterocycles. The van der Waals surface area contributed by atoms with E-state index in [1.807, 2.05) is 27.7 Å². The number of aliphatic hydroxyl groups excluding tert-OH is 1. The molecule has 0 unspecified atom stereocenters. The van der Waals surface area contributed by atoms with E-state index in [-0.39, 0.29) is 19.3 Å². The van der Waals surface area contributed by atoms with Crippen LogP contribution < -0.4 is 10.1 Å². The van der Waals surface area contributed by atoms with E-state index >= 15 is 0 Å².